The highest BCUT2D eigenvalue weighted by Gasteiger charge is 2.26. The Balaban J connectivity index is 2.40. The fourth-order valence-electron chi connectivity index (χ4n) is 2.79. The number of nitrogens with zero attached hydrogens (tertiary/aromatic N) is 1. The standard InChI is InChI=1S/C14H29NO/c1-4-6-8-14(3,7-5-2)13-15-9-11-16-12-10-15/h4-13H2,1-3H3. The van der Waals surface area contributed by atoms with Crippen LogP contribution in [0.15, 0.2) is 0 Å². The molecule has 16 heavy (non-hydrogen) atoms. The fourth-order valence-corrected chi connectivity index (χ4v) is 2.79. The van der Waals surface area contributed by atoms with Gasteiger partial charge in [-0.3, -0.25) is 4.90 Å². The van der Waals surface area contributed by atoms with Gasteiger partial charge in [0.25, 0.3) is 0 Å². The van der Waals surface area contributed by atoms with Crippen molar-refractivity contribution in [2.75, 3.05) is 32.8 Å². The number of unbranched alkanes of at least 4 members (excludes halogenated alkanes) is 1. The zero-order chi connectivity index (χ0) is 11.9. The summed E-state index contributed by atoms with van der Waals surface area (Å²) in [6.07, 6.45) is 6.76. The molecule has 0 aliphatic carbocycles. The molecule has 0 aromatic rings. The molecule has 0 N–H and O–H groups in total. The second-order valence-corrected chi connectivity index (χ2v) is 5.55. The third-order valence-corrected chi connectivity index (χ3v) is 3.70. The summed E-state index contributed by atoms with van der Waals surface area (Å²) in [6, 6.07) is 0. The highest BCUT2D eigenvalue weighted by atomic mass is 16.5. The van der Waals surface area contributed by atoms with Crippen LogP contribution in [0.1, 0.15) is 52.9 Å². The second-order valence-electron chi connectivity index (χ2n) is 5.55. The molecule has 0 saturated carbocycles. The molecule has 2 nitrogen and oxygen atoms in total. The molecule has 1 heterocycles. The highest BCUT2D eigenvalue weighted by molar-refractivity contribution is 4.79. The van der Waals surface area contributed by atoms with Gasteiger partial charge < -0.3 is 4.74 Å². The molecule has 0 spiro atoms. The molecule has 96 valence electrons. The maximum Gasteiger partial charge on any atom is 0.0594 e. The number of hydrogen-bond acceptors (Lipinski definition) is 2. The summed E-state index contributed by atoms with van der Waals surface area (Å²) in [6.45, 7) is 12.5. The van der Waals surface area contributed by atoms with E-state index in [1.807, 2.05) is 0 Å². The van der Waals surface area contributed by atoms with Gasteiger partial charge in [-0.1, -0.05) is 40.0 Å². The van der Waals surface area contributed by atoms with Crippen LogP contribution in [0.4, 0.5) is 0 Å². The quantitative estimate of drug-likeness (QED) is 0.661. The first-order valence-electron chi connectivity index (χ1n) is 7.00. The summed E-state index contributed by atoms with van der Waals surface area (Å²) < 4.78 is 5.41. The topological polar surface area (TPSA) is 12.5 Å². The van der Waals surface area contributed by atoms with Crippen LogP contribution in [-0.4, -0.2) is 37.7 Å². The molecule has 0 amide bonds. The first-order valence-corrected chi connectivity index (χ1v) is 7.00. The Hall–Kier alpha value is -0.0800. The largest absolute Gasteiger partial charge is 0.379 e. The third-order valence-electron chi connectivity index (χ3n) is 3.70. The Labute approximate surface area is 101 Å². The molecule has 1 saturated heterocycles. The van der Waals surface area contributed by atoms with E-state index in [4.69, 9.17) is 4.74 Å². The van der Waals surface area contributed by atoms with E-state index in [0.717, 1.165) is 26.3 Å². The highest BCUT2D eigenvalue weighted by Crippen LogP contribution is 2.31. The summed E-state index contributed by atoms with van der Waals surface area (Å²) in [5.74, 6) is 0. The molecule has 1 unspecified atom stereocenters. The van der Waals surface area contributed by atoms with Gasteiger partial charge >= 0.3 is 0 Å². The Morgan fingerprint density at radius 1 is 1.06 bits per heavy atom. The van der Waals surface area contributed by atoms with Gasteiger partial charge in [0.2, 0.25) is 0 Å². The van der Waals surface area contributed by atoms with Gasteiger partial charge in [-0.15, -0.1) is 0 Å². The van der Waals surface area contributed by atoms with Crippen molar-refractivity contribution in [3.63, 3.8) is 0 Å². The van der Waals surface area contributed by atoms with Gasteiger partial charge in [-0.25, -0.2) is 0 Å². The van der Waals surface area contributed by atoms with E-state index >= 15 is 0 Å². The van der Waals surface area contributed by atoms with E-state index in [1.165, 1.54) is 38.6 Å². The average molecular weight is 227 g/mol. The first-order chi connectivity index (χ1) is 7.70. The summed E-state index contributed by atoms with van der Waals surface area (Å²) in [4.78, 5) is 2.59. The number of hydrogen-bond donors (Lipinski definition) is 0. The van der Waals surface area contributed by atoms with Crippen LogP contribution in [-0.2, 0) is 4.74 Å². The maximum atomic E-state index is 5.41. The summed E-state index contributed by atoms with van der Waals surface area (Å²) in [5, 5.41) is 0. The first kappa shape index (κ1) is 14.0. The van der Waals surface area contributed by atoms with Crippen LogP contribution < -0.4 is 0 Å². The second kappa shape index (κ2) is 7.29. The minimum Gasteiger partial charge on any atom is -0.379 e. The number of morpholine rings is 1. The molecule has 1 atom stereocenters. The SMILES string of the molecule is CCCCC(C)(CCC)CN1CCOCC1. The third kappa shape index (κ3) is 4.84. The average Bonchev–Trinajstić information content (AvgIpc) is 2.28. The van der Waals surface area contributed by atoms with Crippen LogP contribution in [0.2, 0.25) is 0 Å². The van der Waals surface area contributed by atoms with Crippen molar-refractivity contribution in [3.05, 3.63) is 0 Å². The minimum atomic E-state index is 0.530. The Morgan fingerprint density at radius 2 is 1.75 bits per heavy atom. The van der Waals surface area contributed by atoms with Gasteiger partial charge in [0.05, 0.1) is 13.2 Å². The molecule has 0 aromatic heterocycles. The van der Waals surface area contributed by atoms with Gasteiger partial charge in [-0.05, 0) is 18.3 Å². The van der Waals surface area contributed by atoms with Crippen molar-refractivity contribution >= 4 is 0 Å². The lowest BCUT2D eigenvalue weighted by Gasteiger charge is -2.37. The lowest BCUT2D eigenvalue weighted by Crippen LogP contribution is -2.42. The molecule has 0 aromatic carbocycles. The lowest BCUT2D eigenvalue weighted by atomic mass is 9.80. The summed E-state index contributed by atoms with van der Waals surface area (Å²) in [7, 11) is 0. The minimum absolute atomic E-state index is 0.530. The zero-order valence-corrected chi connectivity index (χ0v) is 11.4. The molecular weight excluding hydrogens is 198 g/mol. The van der Waals surface area contributed by atoms with E-state index in [9.17, 15) is 0 Å². The van der Waals surface area contributed by atoms with Crippen LogP contribution in [0.5, 0.6) is 0 Å². The molecule has 1 aliphatic rings. The zero-order valence-electron chi connectivity index (χ0n) is 11.4. The normalized spacial score (nSPS) is 21.9. The monoisotopic (exact) mass is 227 g/mol. The van der Waals surface area contributed by atoms with Gasteiger partial charge in [0.15, 0.2) is 0 Å². The van der Waals surface area contributed by atoms with Crippen molar-refractivity contribution in [3.8, 4) is 0 Å². The van der Waals surface area contributed by atoms with Crippen molar-refractivity contribution in [2.45, 2.75) is 52.9 Å². The molecule has 1 aliphatic heterocycles. The van der Waals surface area contributed by atoms with Crippen LogP contribution in [0, 0.1) is 5.41 Å². The molecule has 2 heteroatoms. The van der Waals surface area contributed by atoms with E-state index in [2.05, 4.69) is 25.7 Å². The molecule has 0 bridgehead atoms. The van der Waals surface area contributed by atoms with E-state index < -0.39 is 0 Å². The van der Waals surface area contributed by atoms with Crippen LogP contribution >= 0.6 is 0 Å². The Morgan fingerprint density at radius 3 is 2.31 bits per heavy atom. The predicted octanol–water partition coefficient (Wildman–Crippen LogP) is 3.32. The maximum absolute atomic E-state index is 5.41. The summed E-state index contributed by atoms with van der Waals surface area (Å²) >= 11 is 0. The Bertz CT molecular complexity index is 178. The van der Waals surface area contributed by atoms with Crippen molar-refractivity contribution in [2.24, 2.45) is 5.41 Å². The Kier molecular flexibility index (Phi) is 6.37. The van der Waals surface area contributed by atoms with Gasteiger partial charge in [-0.2, -0.15) is 0 Å². The van der Waals surface area contributed by atoms with Gasteiger partial charge in [0, 0.05) is 19.6 Å². The molecule has 0 radical (unpaired) electrons. The smallest absolute Gasteiger partial charge is 0.0594 e. The van der Waals surface area contributed by atoms with Crippen LogP contribution in [0.3, 0.4) is 0 Å². The fraction of sp³-hybridized carbons (Fsp3) is 1.00. The van der Waals surface area contributed by atoms with Gasteiger partial charge in [0.1, 0.15) is 0 Å². The van der Waals surface area contributed by atoms with Crippen molar-refractivity contribution in [1.82, 2.24) is 4.90 Å². The van der Waals surface area contributed by atoms with Crippen molar-refractivity contribution in [1.29, 1.82) is 0 Å². The number of rotatable bonds is 7. The van der Waals surface area contributed by atoms with E-state index in [0.29, 0.717) is 5.41 Å². The molecule has 1 rings (SSSR count). The lowest BCUT2D eigenvalue weighted by molar-refractivity contribution is 0.0149. The predicted molar refractivity (Wildman–Crippen MR) is 69.8 cm³/mol. The van der Waals surface area contributed by atoms with E-state index in [-0.39, 0.29) is 0 Å². The number of ether oxygens (including phenoxy) is 1. The summed E-state index contributed by atoms with van der Waals surface area (Å²) in [5.41, 5.74) is 0.530. The molecule has 1 fully saturated rings. The molecular formula is C14H29NO. The van der Waals surface area contributed by atoms with Crippen LogP contribution in [0.25, 0.3) is 0 Å². The van der Waals surface area contributed by atoms with E-state index in [1.54, 1.807) is 0 Å². The van der Waals surface area contributed by atoms with Crippen molar-refractivity contribution < 1.29 is 4.74 Å².